The van der Waals surface area contributed by atoms with Gasteiger partial charge in [-0.3, -0.25) is 19.3 Å². The molecular weight excluding hydrogens is 607 g/mol. The minimum absolute atomic E-state index is 0.0510. The van der Waals surface area contributed by atoms with Gasteiger partial charge in [0.15, 0.2) is 6.10 Å². The Morgan fingerprint density at radius 1 is 1.02 bits per heavy atom. The highest BCUT2D eigenvalue weighted by Gasteiger charge is 2.45. The number of carbonyl (C=O) groups is 4. The first-order valence-electron chi connectivity index (χ1n) is 12.7. The summed E-state index contributed by atoms with van der Waals surface area (Å²) in [4.78, 5) is 53.0. The van der Waals surface area contributed by atoms with Gasteiger partial charge in [-0.2, -0.15) is 13.2 Å². The van der Waals surface area contributed by atoms with E-state index in [4.69, 9.17) is 28.9 Å². The lowest BCUT2D eigenvalue weighted by molar-refractivity contribution is -0.206. The predicted molar refractivity (Wildman–Crippen MR) is 145 cm³/mol. The molecule has 3 atom stereocenters. The molecule has 42 heavy (non-hydrogen) atoms. The van der Waals surface area contributed by atoms with Gasteiger partial charge in [-0.15, -0.1) is 0 Å². The van der Waals surface area contributed by atoms with E-state index in [1.165, 1.54) is 19.2 Å². The van der Waals surface area contributed by atoms with Crippen LogP contribution in [-0.2, 0) is 36.8 Å². The summed E-state index contributed by atoms with van der Waals surface area (Å²) < 4.78 is 57.1. The van der Waals surface area contributed by atoms with Crippen molar-refractivity contribution in [3.05, 3.63) is 69.5 Å². The summed E-state index contributed by atoms with van der Waals surface area (Å²) in [6.45, 7) is -0.101. The van der Waals surface area contributed by atoms with E-state index in [1.54, 1.807) is 23.1 Å². The van der Waals surface area contributed by atoms with Crippen LogP contribution in [0.4, 0.5) is 17.6 Å². The zero-order chi connectivity index (χ0) is 31.2. The summed E-state index contributed by atoms with van der Waals surface area (Å²) in [7, 11) is 1.44. The molecule has 1 aliphatic rings. The Morgan fingerprint density at radius 3 is 2.24 bits per heavy atom. The molecule has 1 saturated heterocycles. The van der Waals surface area contributed by atoms with Gasteiger partial charge >= 0.3 is 12.1 Å². The number of piperazine rings is 1. The molecule has 1 aliphatic heterocycles. The molecule has 0 radical (unpaired) electrons. The summed E-state index contributed by atoms with van der Waals surface area (Å²) in [6, 6.07) is 7.71. The fourth-order valence-electron chi connectivity index (χ4n) is 4.70. The van der Waals surface area contributed by atoms with E-state index in [-0.39, 0.29) is 49.0 Å². The largest absolute Gasteiger partial charge is 0.490 e. The standard InChI is InChI=1S/C27H28Cl2F4N4O5/c1-35-24(39)21(11-16-4-7-19(28)20(29)10-16)36-8-9-37(18(14-36)13-23(34)38)25(40)22(42-26(41)27(31,32)33)12-15-2-5-17(30)6-3-15/h2-7,10,18,21-22H,8-9,11-14H2,1H3,(H2,34,38)(H,35,39). The molecule has 15 heteroatoms. The number of ether oxygens (including phenoxy) is 1. The number of esters is 1. The second-order valence-corrected chi connectivity index (χ2v) is 10.5. The Morgan fingerprint density at radius 2 is 1.67 bits per heavy atom. The molecule has 0 saturated carbocycles. The van der Waals surface area contributed by atoms with Gasteiger partial charge in [0.2, 0.25) is 11.8 Å². The van der Waals surface area contributed by atoms with Crippen molar-refractivity contribution in [1.82, 2.24) is 15.1 Å². The van der Waals surface area contributed by atoms with Crippen LogP contribution >= 0.6 is 23.2 Å². The molecule has 0 spiro atoms. The fourth-order valence-corrected chi connectivity index (χ4v) is 5.02. The maximum absolute atomic E-state index is 13.6. The molecule has 0 aromatic heterocycles. The molecule has 0 bridgehead atoms. The third-order valence-electron chi connectivity index (χ3n) is 6.73. The van der Waals surface area contributed by atoms with E-state index in [1.807, 2.05) is 0 Å². The number of halogens is 6. The number of hydrogen-bond acceptors (Lipinski definition) is 6. The van der Waals surface area contributed by atoms with E-state index in [2.05, 4.69) is 10.1 Å². The second kappa shape index (κ2) is 14.2. The number of carbonyl (C=O) groups excluding carboxylic acids is 4. The first kappa shape index (κ1) is 33.1. The smallest absolute Gasteiger partial charge is 0.445 e. The van der Waals surface area contributed by atoms with Crippen molar-refractivity contribution in [2.24, 2.45) is 5.73 Å². The molecule has 1 fully saturated rings. The number of benzene rings is 2. The van der Waals surface area contributed by atoms with Crippen molar-refractivity contribution in [3.63, 3.8) is 0 Å². The van der Waals surface area contributed by atoms with Crippen molar-refractivity contribution in [3.8, 4) is 0 Å². The molecule has 3 unspecified atom stereocenters. The van der Waals surface area contributed by atoms with E-state index in [9.17, 15) is 36.7 Å². The minimum Gasteiger partial charge on any atom is -0.445 e. The van der Waals surface area contributed by atoms with Crippen LogP contribution in [0, 0.1) is 5.82 Å². The lowest BCUT2D eigenvalue weighted by Gasteiger charge is -2.44. The fraction of sp³-hybridized carbons (Fsp3) is 0.407. The lowest BCUT2D eigenvalue weighted by atomic mass is 9.99. The van der Waals surface area contributed by atoms with Crippen molar-refractivity contribution in [2.45, 2.75) is 43.6 Å². The van der Waals surface area contributed by atoms with Crippen molar-refractivity contribution < 1.29 is 41.5 Å². The summed E-state index contributed by atoms with van der Waals surface area (Å²) in [6.07, 6.45) is -7.99. The van der Waals surface area contributed by atoms with Gasteiger partial charge in [-0.1, -0.05) is 41.4 Å². The van der Waals surface area contributed by atoms with Crippen LogP contribution < -0.4 is 11.1 Å². The SMILES string of the molecule is CNC(=O)C(Cc1ccc(Cl)c(Cl)c1)N1CCN(C(=O)C(Cc2ccc(F)cc2)OC(=O)C(F)(F)F)C(CC(N)=O)C1. The summed E-state index contributed by atoms with van der Waals surface area (Å²) in [5, 5.41) is 3.19. The minimum atomic E-state index is -5.38. The Hall–Kier alpha value is -3.42. The number of nitrogens with one attached hydrogen (secondary N) is 1. The number of primary amides is 1. The number of amides is 3. The van der Waals surface area contributed by atoms with Gasteiger partial charge in [-0.25, -0.2) is 9.18 Å². The van der Waals surface area contributed by atoms with Gasteiger partial charge in [0, 0.05) is 39.5 Å². The molecule has 1 heterocycles. The second-order valence-electron chi connectivity index (χ2n) is 9.66. The number of hydrogen-bond donors (Lipinski definition) is 2. The number of rotatable bonds is 10. The van der Waals surface area contributed by atoms with Gasteiger partial charge < -0.3 is 20.7 Å². The molecule has 3 N–H and O–H groups in total. The number of alkyl halides is 3. The zero-order valence-corrected chi connectivity index (χ0v) is 23.8. The quantitative estimate of drug-likeness (QED) is 0.306. The maximum Gasteiger partial charge on any atom is 0.490 e. The van der Waals surface area contributed by atoms with Gasteiger partial charge in [0.1, 0.15) is 5.82 Å². The summed E-state index contributed by atoms with van der Waals surface area (Å²) in [5.74, 6) is -5.36. The molecule has 0 aliphatic carbocycles. The normalized spacial score (nSPS) is 17.3. The highest BCUT2D eigenvalue weighted by atomic mass is 35.5. The van der Waals surface area contributed by atoms with E-state index in [0.717, 1.165) is 17.0 Å². The van der Waals surface area contributed by atoms with Crippen molar-refractivity contribution in [2.75, 3.05) is 26.7 Å². The molecule has 2 aromatic rings. The zero-order valence-electron chi connectivity index (χ0n) is 22.3. The monoisotopic (exact) mass is 634 g/mol. The molecular formula is C27H28Cl2F4N4O5. The van der Waals surface area contributed by atoms with Crippen LogP contribution in [0.1, 0.15) is 17.5 Å². The summed E-state index contributed by atoms with van der Waals surface area (Å²) in [5.41, 5.74) is 6.34. The third kappa shape index (κ3) is 8.79. The first-order valence-corrected chi connectivity index (χ1v) is 13.5. The van der Waals surface area contributed by atoms with E-state index < -0.39 is 54.4 Å². The lowest BCUT2D eigenvalue weighted by Crippen LogP contribution is -2.62. The number of likely N-dealkylation sites (N-methyl/N-ethyl adjacent to an activating group) is 1. The van der Waals surface area contributed by atoms with Crippen molar-refractivity contribution >= 4 is 46.9 Å². The highest BCUT2D eigenvalue weighted by molar-refractivity contribution is 6.42. The number of nitrogens with zero attached hydrogens (tertiary/aromatic N) is 2. The molecule has 3 rings (SSSR count). The molecule has 2 aromatic carbocycles. The van der Waals surface area contributed by atoms with Crippen LogP contribution in [0.5, 0.6) is 0 Å². The Labute approximate surface area is 248 Å². The maximum atomic E-state index is 13.6. The van der Waals surface area contributed by atoms with E-state index >= 15 is 0 Å². The molecule has 3 amide bonds. The van der Waals surface area contributed by atoms with Crippen LogP contribution in [0.3, 0.4) is 0 Å². The molecule has 228 valence electrons. The Kier molecular flexibility index (Phi) is 11.2. The number of nitrogens with two attached hydrogens (primary N) is 1. The van der Waals surface area contributed by atoms with Gasteiger partial charge in [0.25, 0.3) is 5.91 Å². The third-order valence-corrected chi connectivity index (χ3v) is 7.47. The summed E-state index contributed by atoms with van der Waals surface area (Å²) >= 11 is 12.1. The van der Waals surface area contributed by atoms with Gasteiger partial charge in [0.05, 0.1) is 22.1 Å². The first-order chi connectivity index (χ1) is 19.7. The van der Waals surface area contributed by atoms with Crippen LogP contribution in [0.2, 0.25) is 10.0 Å². The van der Waals surface area contributed by atoms with Crippen LogP contribution in [0.15, 0.2) is 42.5 Å². The predicted octanol–water partition coefficient (Wildman–Crippen LogP) is 2.89. The van der Waals surface area contributed by atoms with Gasteiger partial charge in [-0.05, 0) is 41.8 Å². The Bertz CT molecular complexity index is 1310. The highest BCUT2D eigenvalue weighted by Crippen LogP contribution is 2.26. The Balaban J connectivity index is 1.88. The average molecular weight is 635 g/mol. The van der Waals surface area contributed by atoms with Crippen LogP contribution in [-0.4, -0.2) is 84.5 Å². The molecule has 9 nitrogen and oxygen atoms in total. The topological polar surface area (TPSA) is 122 Å². The van der Waals surface area contributed by atoms with E-state index in [0.29, 0.717) is 10.6 Å². The van der Waals surface area contributed by atoms with Crippen LogP contribution in [0.25, 0.3) is 0 Å². The van der Waals surface area contributed by atoms with Crippen molar-refractivity contribution in [1.29, 1.82) is 0 Å². The average Bonchev–Trinajstić information content (AvgIpc) is 2.92.